The zero-order valence-electron chi connectivity index (χ0n) is 8.82. The number of hydrogen-bond donors (Lipinski definition) is 0. The van der Waals surface area contributed by atoms with Gasteiger partial charge in [0.1, 0.15) is 6.29 Å². The van der Waals surface area contributed by atoms with E-state index in [4.69, 9.17) is 0 Å². The molecule has 0 amide bonds. The summed E-state index contributed by atoms with van der Waals surface area (Å²) < 4.78 is 0. The highest BCUT2D eigenvalue weighted by Crippen LogP contribution is 2.08. The molecule has 80 valence electrons. The molecule has 3 heteroatoms. The summed E-state index contributed by atoms with van der Waals surface area (Å²) in [4.78, 5) is 10.0. The van der Waals surface area contributed by atoms with Crippen molar-refractivity contribution < 1.29 is 4.79 Å². The molecule has 0 aromatic rings. The first-order valence-corrected chi connectivity index (χ1v) is 5.64. The minimum atomic E-state index is 0.692. The Morgan fingerprint density at radius 2 is 1.79 bits per heavy atom. The van der Waals surface area contributed by atoms with Gasteiger partial charge in [-0.1, -0.05) is 0 Å². The van der Waals surface area contributed by atoms with Crippen molar-refractivity contribution in [1.82, 2.24) is 5.01 Å². The van der Waals surface area contributed by atoms with Crippen LogP contribution in [0, 0.1) is 0 Å². The van der Waals surface area contributed by atoms with E-state index in [2.05, 4.69) is 10.1 Å². The van der Waals surface area contributed by atoms with E-state index >= 15 is 0 Å². The number of hydrazone groups is 1. The van der Waals surface area contributed by atoms with Gasteiger partial charge in [-0.05, 0) is 38.5 Å². The third kappa shape index (κ3) is 5.00. The summed E-state index contributed by atoms with van der Waals surface area (Å²) in [6.07, 6.45) is 10.7. The molecule has 0 bridgehead atoms. The van der Waals surface area contributed by atoms with Gasteiger partial charge in [0.05, 0.1) is 0 Å². The van der Waals surface area contributed by atoms with Crippen LogP contribution in [0.2, 0.25) is 0 Å². The molecule has 1 saturated heterocycles. The van der Waals surface area contributed by atoms with Gasteiger partial charge >= 0.3 is 0 Å². The average Bonchev–Trinajstić information content (AvgIpc) is 2.25. The van der Waals surface area contributed by atoms with Crippen LogP contribution in [0.3, 0.4) is 0 Å². The molecule has 1 aliphatic heterocycles. The standard InChI is InChI=1S/C11H20N2O/c14-11-7-2-1-4-8-12-13-9-5-3-6-10-13/h8,11H,1-7,9-10H2/b12-8+. The smallest absolute Gasteiger partial charge is 0.119 e. The molecular weight excluding hydrogens is 176 g/mol. The molecule has 1 heterocycles. The molecule has 14 heavy (non-hydrogen) atoms. The zero-order valence-corrected chi connectivity index (χ0v) is 8.82. The van der Waals surface area contributed by atoms with E-state index in [1.54, 1.807) is 0 Å². The summed E-state index contributed by atoms with van der Waals surface area (Å²) >= 11 is 0. The summed E-state index contributed by atoms with van der Waals surface area (Å²) in [7, 11) is 0. The number of carbonyl (C=O) groups excluding carboxylic acids is 1. The monoisotopic (exact) mass is 196 g/mol. The highest BCUT2D eigenvalue weighted by molar-refractivity contribution is 5.56. The fourth-order valence-corrected chi connectivity index (χ4v) is 1.63. The maximum atomic E-state index is 10.0. The van der Waals surface area contributed by atoms with E-state index in [0.717, 1.165) is 38.6 Å². The van der Waals surface area contributed by atoms with Gasteiger partial charge in [0.2, 0.25) is 0 Å². The number of piperidine rings is 1. The van der Waals surface area contributed by atoms with E-state index in [9.17, 15) is 4.79 Å². The third-order valence-electron chi connectivity index (χ3n) is 2.48. The van der Waals surface area contributed by atoms with Crippen LogP contribution >= 0.6 is 0 Å². The van der Waals surface area contributed by atoms with Crippen molar-refractivity contribution in [2.45, 2.75) is 44.9 Å². The molecule has 0 spiro atoms. The first-order chi connectivity index (χ1) is 6.93. The van der Waals surface area contributed by atoms with E-state index in [1.807, 2.05) is 6.21 Å². The van der Waals surface area contributed by atoms with Gasteiger partial charge in [0, 0.05) is 25.7 Å². The van der Waals surface area contributed by atoms with Crippen molar-refractivity contribution in [2.75, 3.05) is 13.1 Å². The van der Waals surface area contributed by atoms with Crippen LogP contribution in [0.5, 0.6) is 0 Å². The Hall–Kier alpha value is -0.860. The van der Waals surface area contributed by atoms with E-state index in [-0.39, 0.29) is 0 Å². The predicted octanol–water partition coefficient (Wildman–Crippen LogP) is 2.22. The second-order valence-corrected chi connectivity index (χ2v) is 3.76. The molecule has 0 saturated carbocycles. The molecule has 0 unspecified atom stereocenters. The van der Waals surface area contributed by atoms with Gasteiger partial charge < -0.3 is 4.79 Å². The van der Waals surface area contributed by atoms with Crippen molar-refractivity contribution >= 4 is 12.5 Å². The van der Waals surface area contributed by atoms with Crippen molar-refractivity contribution in [3.63, 3.8) is 0 Å². The van der Waals surface area contributed by atoms with Gasteiger partial charge in [-0.3, -0.25) is 5.01 Å². The lowest BCUT2D eigenvalue weighted by molar-refractivity contribution is -0.107. The number of rotatable bonds is 6. The van der Waals surface area contributed by atoms with Gasteiger partial charge in [-0.15, -0.1) is 0 Å². The Balaban J connectivity index is 1.98. The molecule has 0 N–H and O–H groups in total. The lowest BCUT2D eigenvalue weighted by Crippen LogP contribution is -2.24. The fourth-order valence-electron chi connectivity index (χ4n) is 1.63. The predicted molar refractivity (Wildman–Crippen MR) is 58.4 cm³/mol. The number of nitrogens with zero attached hydrogens (tertiary/aromatic N) is 2. The zero-order chi connectivity index (χ0) is 10.1. The molecule has 1 rings (SSSR count). The van der Waals surface area contributed by atoms with Crippen LogP contribution in [0.4, 0.5) is 0 Å². The molecule has 1 aliphatic rings. The Morgan fingerprint density at radius 3 is 2.50 bits per heavy atom. The van der Waals surface area contributed by atoms with Crippen LogP contribution in [0.25, 0.3) is 0 Å². The first-order valence-electron chi connectivity index (χ1n) is 5.64. The van der Waals surface area contributed by atoms with Crippen LogP contribution in [-0.4, -0.2) is 30.6 Å². The van der Waals surface area contributed by atoms with Crippen molar-refractivity contribution in [2.24, 2.45) is 5.10 Å². The fraction of sp³-hybridized carbons (Fsp3) is 0.818. The van der Waals surface area contributed by atoms with E-state index in [1.165, 1.54) is 19.3 Å². The molecule has 0 aliphatic carbocycles. The molecule has 1 fully saturated rings. The Bertz CT molecular complexity index is 174. The molecule has 0 radical (unpaired) electrons. The molecule has 0 aromatic heterocycles. The average molecular weight is 196 g/mol. The highest BCUT2D eigenvalue weighted by Gasteiger charge is 2.05. The SMILES string of the molecule is O=CCCCC/C=N/N1CCCCC1. The van der Waals surface area contributed by atoms with Crippen LogP contribution in [0.1, 0.15) is 44.9 Å². The van der Waals surface area contributed by atoms with Crippen LogP contribution in [0.15, 0.2) is 5.10 Å². The minimum absolute atomic E-state index is 0.692. The summed E-state index contributed by atoms with van der Waals surface area (Å²) in [5, 5.41) is 6.56. The van der Waals surface area contributed by atoms with Gasteiger partial charge in [0.15, 0.2) is 0 Å². The highest BCUT2D eigenvalue weighted by atomic mass is 16.1. The molecular formula is C11H20N2O. The lowest BCUT2D eigenvalue weighted by Gasteiger charge is -2.23. The molecule has 0 atom stereocenters. The summed E-state index contributed by atoms with van der Waals surface area (Å²) in [5.41, 5.74) is 0. The van der Waals surface area contributed by atoms with Crippen LogP contribution in [-0.2, 0) is 4.79 Å². The summed E-state index contributed by atoms with van der Waals surface area (Å²) in [6, 6.07) is 0. The molecule has 0 aromatic carbocycles. The number of carbonyl (C=O) groups is 1. The normalized spacial score (nSPS) is 17.6. The maximum Gasteiger partial charge on any atom is 0.119 e. The van der Waals surface area contributed by atoms with E-state index < -0.39 is 0 Å². The van der Waals surface area contributed by atoms with Gasteiger partial charge in [-0.25, -0.2) is 0 Å². The topological polar surface area (TPSA) is 32.7 Å². The molecule has 3 nitrogen and oxygen atoms in total. The second-order valence-electron chi connectivity index (χ2n) is 3.76. The van der Waals surface area contributed by atoms with E-state index in [0.29, 0.717) is 6.42 Å². The summed E-state index contributed by atoms with van der Waals surface area (Å²) in [6.45, 7) is 2.23. The maximum absolute atomic E-state index is 10.0. The minimum Gasteiger partial charge on any atom is -0.303 e. The largest absolute Gasteiger partial charge is 0.303 e. The van der Waals surface area contributed by atoms with Crippen molar-refractivity contribution in [1.29, 1.82) is 0 Å². The Kier molecular flexibility index (Phi) is 6.04. The Labute approximate surface area is 86.2 Å². The van der Waals surface area contributed by atoms with Crippen molar-refractivity contribution in [3.8, 4) is 0 Å². The Morgan fingerprint density at radius 1 is 1.07 bits per heavy atom. The van der Waals surface area contributed by atoms with Gasteiger partial charge in [0.25, 0.3) is 0 Å². The lowest BCUT2D eigenvalue weighted by atomic mass is 10.2. The number of unbranched alkanes of at least 4 members (excludes halogenated alkanes) is 3. The third-order valence-corrected chi connectivity index (χ3v) is 2.48. The quantitative estimate of drug-likeness (QED) is 0.371. The summed E-state index contributed by atoms with van der Waals surface area (Å²) in [5.74, 6) is 0. The number of hydrogen-bond acceptors (Lipinski definition) is 3. The first kappa shape index (κ1) is 11.2. The van der Waals surface area contributed by atoms with Gasteiger partial charge in [-0.2, -0.15) is 5.10 Å². The second kappa shape index (κ2) is 7.54. The van der Waals surface area contributed by atoms with Crippen LogP contribution < -0.4 is 0 Å². The number of aldehydes is 1. The van der Waals surface area contributed by atoms with Crippen molar-refractivity contribution in [3.05, 3.63) is 0 Å².